The standard InChI is InChI=1S/C22H27Cl2N3O2/c1-3-4-10-20(22(29)25-14-16-8-6-5-7-9-16)27-21(28)15(2)26-17-11-12-18(23)19(24)13-17/h5-9,11-13,15,20,26H,3-4,10,14H2,1-2H3,(H,25,29)(H,27,28)/t15?,20-/m0/s1. The van der Waals surface area contributed by atoms with E-state index < -0.39 is 12.1 Å². The number of halogens is 2. The highest BCUT2D eigenvalue weighted by Gasteiger charge is 2.23. The van der Waals surface area contributed by atoms with Crippen molar-refractivity contribution in [3.63, 3.8) is 0 Å². The lowest BCUT2D eigenvalue weighted by molar-refractivity contribution is -0.129. The van der Waals surface area contributed by atoms with E-state index >= 15 is 0 Å². The largest absolute Gasteiger partial charge is 0.374 e. The van der Waals surface area contributed by atoms with Crippen LogP contribution in [0.25, 0.3) is 0 Å². The zero-order chi connectivity index (χ0) is 21.2. The fourth-order valence-electron chi connectivity index (χ4n) is 2.78. The minimum Gasteiger partial charge on any atom is -0.374 e. The molecule has 0 spiro atoms. The summed E-state index contributed by atoms with van der Waals surface area (Å²) < 4.78 is 0. The molecule has 2 aromatic rings. The monoisotopic (exact) mass is 435 g/mol. The van der Waals surface area contributed by atoms with Gasteiger partial charge >= 0.3 is 0 Å². The molecular weight excluding hydrogens is 409 g/mol. The Kier molecular flexibility index (Phi) is 9.29. The van der Waals surface area contributed by atoms with Gasteiger partial charge in [0.05, 0.1) is 10.0 Å². The number of unbranched alkanes of at least 4 members (excludes halogenated alkanes) is 1. The van der Waals surface area contributed by atoms with Gasteiger partial charge in [-0.2, -0.15) is 0 Å². The van der Waals surface area contributed by atoms with Gasteiger partial charge in [0, 0.05) is 12.2 Å². The van der Waals surface area contributed by atoms with Crippen LogP contribution in [0.1, 0.15) is 38.7 Å². The van der Waals surface area contributed by atoms with Crippen LogP contribution in [0.4, 0.5) is 5.69 Å². The Morgan fingerprint density at radius 1 is 1.00 bits per heavy atom. The topological polar surface area (TPSA) is 70.2 Å². The Morgan fingerprint density at radius 2 is 1.72 bits per heavy atom. The SMILES string of the molecule is CCCC[C@H](NC(=O)C(C)Nc1ccc(Cl)c(Cl)c1)C(=O)NCc1ccccc1. The van der Waals surface area contributed by atoms with Crippen LogP contribution in [-0.2, 0) is 16.1 Å². The second-order valence-corrected chi connectivity index (χ2v) is 7.72. The predicted molar refractivity (Wildman–Crippen MR) is 119 cm³/mol. The molecule has 5 nitrogen and oxygen atoms in total. The van der Waals surface area contributed by atoms with Crippen LogP contribution in [0.5, 0.6) is 0 Å². The van der Waals surface area contributed by atoms with Crippen molar-refractivity contribution in [3.05, 3.63) is 64.1 Å². The van der Waals surface area contributed by atoms with Crippen molar-refractivity contribution in [2.75, 3.05) is 5.32 Å². The van der Waals surface area contributed by atoms with Gasteiger partial charge < -0.3 is 16.0 Å². The second kappa shape index (κ2) is 11.7. The Bertz CT molecular complexity index is 815. The number of nitrogens with one attached hydrogen (secondary N) is 3. The molecule has 0 saturated carbocycles. The van der Waals surface area contributed by atoms with Gasteiger partial charge in [-0.1, -0.05) is 73.3 Å². The van der Waals surface area contributed by atoms with Crippen molar-refractivity contribution in [3.8, 4) is 0 Å². The average Bonchev–Trinajstić information content (AvgIpc) is 2.72. The van der Waals surface area contributed by atoms with Gasteiger partial charge in [-0.15, -0.1) is 0 Å². The molecule has 0 fully saturated rings. The number of amides is 2. The maximum atomic E-state index is 12.6. The summed E-state index contributed by atoms with van der Waals surface area (Å²) in [6.07, 6.45) is 2.37. The molecule has 7 heteroatoms. The first-order valence-corrected chi connectivity index (χ1v) is 10.5. The van der Waals surface area contributed by atoms with E-state index in [4.69, 9.17) is 23.2 Å². The Hall–Kier alpha value is -2.24. The summed E-state index contributed by atoms with van der Waals surface area (Å²) in [5.41, 5.74) is 1.69. The van der Waals surface area contributed by atoms with E-state index in [-0.39, 0.29) is 11.8 Å². The Labute approximate surface area is 182 Å². The van der Waals surface area contributed by atoms with Crippen molar-refractivity contribution < 1.29 is 9.59 Å². The molecule has 0 aliphatic rings. The highest BCUT2D eigenvalue weighted by molar-refractivity contribution is 6.42. The van der Waals surface area contributed by atoms with Crippen LogP contribution in [0.15, 0.2) is 48.5 Å². The van der Waals surface area contributed by atoms with Gasteiger partial charge in [-0.3, -0.25) is 9.59 Å². The van der Waals surface area contributed by atoms with E-state index in [0.29, 0.717) is 28.7 Å². The number of carbonyl (C=O) groups excluding carboxylic acids is 2. The van der Waals surface area contributed by atoms with Crippen molar-refractivity contribution in [1.82, 2.24) is 10.6 Å². The van der Waals surface area contributed by atoms with E-state index in [1.165, 1.54) is 0 Å². The summed E-state index contributed by atoms with van der Waals surface area (Å²) in [7, 11) is 0. The van der Waals surface area contributed by atoms with Crippen LogP contribution >= 0.6 is 23.2 Å². The van der Waals surface area contributed by atoms with Crippen LogP contribution in [0.3, 0.4) is 0 Å². The molecule has 0 bridgehead atoms. The van der Waals surface area contributed by atoms with E-state index in [1.807, 2.05) is 30.3 Å². The average molecular weight is 436 g/mol. The van der Waals surface area contributed by atoms with Crippen molar-refractivity contribution >= 4 is 40.7 Å². The van der Waals surface area contributed by atoms with Gasteiger partial charge in [0.2, 0.25) is 11.8 Å². The van der Waals surface area contributed by atoms with Crippen molar-refractivity contribution in [2.45, 2.75) is 51.7 Å². The van der Waals surface area contributed by atoms with Gasteiger partial charge in [0.1, 0.15) is 12.1 Å². The molecule has 0 radical (unpaired) electrons. The summed E-state index contributed by atoms with van der Waals surface area (Å²) in [6.45, 7) is 4.21. The number of hydrogen-bond acceptors (Lipinski definition) is 3. The lowest BCUT2D eigenvalue weighted by atomic mass is 10.1. The third-order valence-electron chi connectivity index (χ3n) is 4.48. The fourth-order valence-corrected chi connectivity index (χ4v) is 3.08. The molecule has 2 atom stereocenters. The number of hydrogen-bond donors (Lipinski definition) is 3. The van der Waals surface area contributed by atoms with Gasteiger partial charge in [0.15, 0.2) is 0 Å². The highest BCUT2D eigenvalue weighted by Crippen LogP contribution is 2.25. The minimum absolute atomic E-state index is 0.183. The third kappa shape index (κ3) is 7.59. The normalized spacial score (nSPS) is 12.7. The lowest BCUT2D eigenvalue weighted by Crippen LogP contribution is -2.50. The summed E-state index contributed by atoms with van der Waals surface area (Å²) in [4.78, 5) is 25.3. The maximum Gasteiger partial charge on any atom is 0.242 e. The molecule has 0 heterocycles. The first-order valence-electron chi connectivity index (χ1n) is 9.74. The quantitative estimate of drug-likeness (QED) is 0.502. The van der Waals surface area contributed by atoms with E-state index in [2.05, 4.69) is 22.9 Å². The van der Waals surface area contributed by atoms with E-state index in [9.17, 15) is 9.59 Å². The molecule has 2 aromatic carbocycles. The van der Waals surface area contributed by atoms with Crippen LogP contribution < -0.4 is 16.0 Å². The summed E-state index contributed by atoms with van der Waals surface area (Å²) in [5, 5.41) is 9.71. The maximum absolute atomic E-state index is 12.6. The minimum atomic E-state index is -0.579. The zero-order valence-corrected chi connectivity index (χ0v) is 18.2. The number of benzene rings is 2. The molecule has 0 saturated heterocycles. The van der Waals surface area contributed by atoms with Gasteiger partial charge in [-0.05, 0) is 37.1 Å². The van der Waals surface area contributed by atoms with Crippen LogP contribution in [0, 0.1) is 0 Å². The van der Waals surface area contributed by atoms with Crippen molar-refractivity contribution in [1.29, 1.82) is 0 Å². The number of carbonyl (C=O) groups is 2. The number of rotatable bonds is 10. The molecule has 0 aromatic heterocycles. The van der Waals surface area contributed by atoms with E-state index in [0.717, 1.165) is 18.4 Å². The van der Waals surface area contributed by atoms with Gasteiger partial charge in [-0.25, -0.2) is 0 Å². The Balaban J connectivity index is 1.94. The summed E-state index contributed by atoms with van der Waals surface area (Å²) >= 11 is 11.9. The first-order chi connectivity index (χ1) is 13.9. The Morgan fingerprint density at radius 3 is 2.38 bits per heavy atom. The molecule has 0 aliphatic heterocycles. The molecule has 2 amide bonds. The van der Waals surface area contributed by atoms with Crippen LogP contribution in [0.2, 0.25) is 10.0 Å². The molecular formula is C22H27Cl2N3O2. The molecule has 29 heavy (non-hydrogen) atoms. The number of anilines is 1. The molecule has 1 unspecified atom stereocenters. The predicted octanol–water partition coefficient (Wildman–Crippen LogP) is 4.79. The molecule has 0 aliphatic carbocycles. The fraction of sp³-hybridized carbons (Fsp3) is 0.364. The summed E-state index contributed by atoms with van der Waals surface area (Å²) in [6, 6.07) is 13.6. The molecule has 2 rings (SSSR count). The smallest absolute Gasteiger partial charge is 0.242 e. The van der Waals surface area contributed by atoms with E-state index in [1.54, 1.807) is 25.1 Å². The third-order valence-corrected chi connectivity index (χ3v) is 5.22. The second-order valence-electron chi connectivity index (χ2n) is 6.90. The first kappa shape index (κ1) is 23.0. The lowest BCUT2D eigenvalue weighted by Gasteiger charge is -2.22. The molecule has 156 valence electrons. The van der Waals surface area contributed by atoms with Crippen molar-refractivity contribution in [2.24, 2.45) is 0 Å². The van der Waals surface area contributed by atoms with Crippen LogP contribution in [-0.4, -0.2) is 23.9 Å². The zero-order valence-electron chi connectivity index (χ0n) is 16.7. The van der Waals surface area contributed by atoms with Gasteiger partial charge in [0.25, 0.3) is 0 Å². The highest BCUT2D eigenvalue weighted by atomic mass is 35.5. The summed E-state index contributed by atoms with van der Waals surface area (Å²) in [5.74, 6) is -0.440. The molecule has 3 N–H and O–H groups in total.